The first-order valence-electron chi connectivity index (χ1n) is 7.19. The van der Waals surface area contributed by atoms with Crippen LogP contribution in [0.15, 0.2) is 72.6 Å². The van der Waals surface area contributed by atoms with Gasteiger partial charge in [-0.05, 0) is 52.3 Å². The fourth-order valence-electron chi connectivity index (χ4n) is 1.88. The van der Waals surface area contributed by atoms with Gasteiger partial charge in [0.05, 0.1) is 16.3 Å². The van der Waals surface area contributed by atoms with Crippen LogP contribution in [-0.4, -0.2) is 17.1 Å². The van der Waals surface area contributed by atoms with Crippen LogP contribution in [-0.2, 0) is 0 Å². The minimum atomic E-state index is -0.458. The summed E-state index contributed by atoms with van der Waals surface area (Å²) in [5.41, 5.74) is 2.62. The monoisotopic (exact) mass is 469 g/mol. The topological polar surface area (TPSA) is 67.5 Å². The fourth-order valence-corrected chi connectivity index (χ4v) is 3.54. The van der Waals surface area contributed by atoms with Crippen molar-refractivity contribution in [2.45, 2.75) is 9.99 Å². The average molecular weight is 471 g/mol. The molecule has 1 aromatic carbocycles. The van der Waals surface area contributed by atoms with Crippen molar-refractivity contribution >= 4 is 63.0 Å². The maximum absolute atomic E-state index is 12.0. The number of carbonyl (C=O) groups excluding carboxylic acids is 1. The van der Waals surface area contributed by atoms with Crippen molar-refractivity contribution in [1.82, 2.24) is 10.4 Å². The number of nitrogens with zero attached hydrogens (tertiary/aromatic N) is 2. The molecule has 1 N–H and O–H groups in total. The van der Waals surface area contributed by atoms with Crippen LogP contribution in [0.2, 0.25) is 10.2 Å². The molecule has 0 atom stereocenters. The molecule has 0 radical (unpaired) electrons. The molecule has 0 fully saturated rings. The molecule has 0 aliphatic rings. The van der Waals surface area contributed by atoms with Crippen LogP contribution in [0.1, 0.15) is 16.1 Å². The Morgan fingerprint density at radius 3 is 2.77 bits per heavy atom. The van der Waals surface area contributed by atoms with Crippen molar-refractivity contribution in [3.8, 4) is 0 Å². The second-order valence-corrected chi connectivity index (χ2v) is 7.58. The van der Waals surface area contributed by atoms with E-state index < -0.39 is 5.91 Å². The molecule has 3 rings (SSSR count). The summed E-state index contributed by atoms with van der Waals surface area (Å²) in [5.74, 6) is 0.0201. The molecule has 26 heavy (non-hydrogen) atoms. The Bertz CT molecular complexity index is 961. The number of amides is 1. The lowest BCUT2D eigenvalue weighted by Crippen LogP contribution is -2.18. The molecule has 0 unspecified atom stereocenters. The first kappa shape index (κ1) is 19.0. The molecule has 2 heterocycles. The lowest BCUT2D eigenvalue weighted by atomic mass is 10.3. The van der Waals surface area contributed by atoms with Crippen LogP contribution in [0.3, 0.4) is 0 Å². The number of rotatable bonds is 5. The zero-order valence-electron chi connectivity index (χ0n) is 12.9. The Morgan fingerprint density at radius 1 is 1.27 bits per heavy atom. The van der Waals surface area contributed by atoms with Crippen molar-refractivity contribution < 1.29 is 9.21 Å². The van der Waals surface area contributed by atoms with Gasteiger partial charge in [0.2, 0.25) is 0 Å². The number of furan rings is 1. The van der Waals surface area contributed by atoms with Gasteiger partial charge in [-0.1, -0.05) is 35.0 Å². The molecule has 0 saturated heterocycles. The van der Waals surface area contributed by atoms with Gasteiger partial charge >= 0.3 is 0 Å². The molecular weight excluding hydrogens is 461 g/mol. The third kappa shape index (κ3) is 4.88. The zero-order valence-corrected chi connectivity index (χ0v) is 16.9. The number of hydrazone groups is 1. The molecular formula is C17H10BrCl2N3O2S. The van der Waals surface area contributed by atoms with Gasteiger partial charge < -0.3 is 4.42 Å². The van der Waals surface area contributed by atoms with Crippen molar-refractivity contribution in [1.29, 1.82) is 0 Å². The Morgan fingerprint density at radius 2 is 2.04 bits per heavy atom. The Hall–Kier alpha value is -1.80. The van der Waals surface area contributed by atoms with Gasteiger partial charge in [-0.15, -0.1) is 0 Å². The number of hydrogen-bond acceptors (Lipinski definition) is 5. The normalized spacial score (nSPS) is 11.0. The highest BCUT2D eigenvalue weighted by Gasteiger charge is 2.11. The standard InChI is InChI=1S/C17H10BrCl2N3O2S/c18-14-8-11(25-17(14)26-12-5-3-10(19)4-6-12)9-22-23-16(24)13-2-1-7-21-15(13)20/h1-9H,(H,23,24). The van der Waals surface area contributed by atoms with E-state index in [4.69, 9.17) is 27.6 Å². The minimum Gasteiger partial charge on any atom is -0.447 e. The van der Waals surface area contributed by atoms with Gasteiger partial charge in [-0.25, -0.2) is 10.4 Å². The Kier molecular flexibility index (Phi) is 6.37. The molecule has 1 amide bonds. The summed E-state index contributed by atoms with van der Waals surface area (Å²) in [7, 11) is 0. The summed E-state index contributed by atoms with van der Waals surface area (Å²) in [5, 5.41) is 5.33. The number of carbonyl (C=O) groups is 1. The van der Waals surface area contributed by atoms with Gasteiger partial charge in [0, 0.05) is 22.2 Å². The van der Waals surface area contributed by atoms with E-state index in [-0.39, 0.29) is 10.7 Å². The number of pyridine rings is 1. The Balaban J connectivity index is 1.65. The highest BCUT2D eigenvalue weighted by molar-refractivity contribution is 9.10. The molecule has 0 saturated carbocycles. The summed E-state index contributed by atoms with van der Waals surface area (Å²) in [6.45, 7) is 0. The van der Waals surface area contributed by atoms with Gasteiger partial charge in [-0.2, -0.15) is 5.10 Å². The summed E-state index contributed by atoms with van der Waals surface area (Å²) in [6, 6.07) is 12.3. The molecule has 0 aliphatic carbocycles. The van der Waals surface area contributed by atoms with E-state index in [9.17, 15) is 4.79 Å². The third-order valence-corrected chi connectivity index (χ3v) is 5.46. The molecule has 2 aromatic heterocycles. The molecule has 0 spiro atoms. The lowest BCUT2D eigenvalue weighted by molar-refractivity contribution is 0.0955. The van der Waals surface area contributed by atoms with Crippen molar-refractivity contribution in [2.75, 3.05) is 0 Å². The Labute approximate surface area is 171 Å². The lowest BCUT2D eigenvalue weighted by Gasteiger charge is -2.00. The first-order chi connectivity index (χ1) is 12.5. The molecule has 0 bridgehead atoms. The van der Waals surface area contributed by atoms with Crippen molar-refractivity contribution in [3.63, 3.8) is 0 Å². The highest BCUT2D eigenvalue weighted by atomic mass is 79.9. The van der Waals surface area contributed by atoms with Crippen molar-refractivity contribution in [3.05, 3.63) is 74.6 Å². The molecule has 9 heteroatoms. The van der Waals surface area contributed by atoms with Gasteiger partial charge in [-0.3, -0.25) is 4.79 Å². The largest absolute Gasteiger partial charge is 0.447 e. The number of aromatic nitrogens is 1. The second kappa shape index (κ2) is 8.73. The van der Waals surface area contributed by atoms with E-state index in [2.05, 4.69) is 31.4 Å². The van der Waals surface area contributed by atoms with E-state index in [0.29, 0.717) is 15.9 Å². The van der Waals surface area contributed by atoms with Gasteiger partial charge in [0.15, 0.2) is 5.09 Å². The molecule has 132 valence electrons. The maximum atomic E-state index is 12.0. The van der Waals surface area contributed by atoms with Crippen LogP contribution < -0.4 is 5.43 Å². The highest BCUT2D eigenvalue weighted by Crippen LogP contribution is 2.35. The summed E-state index contributed by atoms with van der Waals surface area (Å²) >= 11 is 16.6. The zero-order chi connectivity index (χ0) is 18.5. The maximum Gasteiger partial charge on any atom is 0.274 e. The fraction of sp³-hybridized carbons (Fsp3) is 0. The van der Waals surface area contributed by atoms with E-state index in [1.807, 2.05) is 24.3 Å². The van der Waals surface area contributed by atoms with Crippen molar-refractivity contribution in [2.24, 2.45) is 5.10 Å². The van der Waals surface area contributed by atoms with E-state index in [1.165, 1.54) is 24.2 Å². The molecule has 0 aliphatic heterocycles. The SMILES string of the molecule is O=C(NN=Cc1cc(Br)c(Sc2ccc(Cl)cc2)o1)c1cccnc1Cl. The van der Waals surface area contributed by atoms with Crippen LogP contribution in [0.4, 0.5) is 0 Å². The minimum absolute atomic E-state index is 0.114. The summed E-state index contributed by atoms with van der Waals surface area (Å²) in [4.78, 5) is 16.8. The number of halogens is 3. The average Bonchev–Trinajstić information content (AvgIpc) is 2.96. The third-order valence-electron chi connectivity index (χ3n) is 3.06. The second-order valence-electron chi connectivity index (χ2n) is 4.88. The van der Waals surface area contributed by atoms with Gasteiger partial charge in [0.25, 0.3) is 5.91 Å². The van der Waals surface area contributed by atoms with Crippen LogP contribution in [0.5, 0.6) is 0 Å². The predicted molar refractivity (Wildman–Crippen MR) is 106 cm³/mol. The summed E-state index contributed by atoms with van der Waals surface area (Å²) in [6.07, 6.45) is 2.90. The smallest absolute Gasteiger partial charge is 0.274 e. The number of hydrogen-bond donors (Lipinski definition) is 1. The van der Waals surface area contributed by atoms with Crippen LogP contribution >= 0.6 is 50.9 Å². The van der Waals surface area contributed by atoms with Crippen LogP contribution in [0.25, 0.3) is 0 Å². The predicted octanol–water partition coefficient (Wildman–Crippen LogP) is 5.66. The first-order valence-corrected chi connectivity index (χ1v) is 9.56. The van der Waals surface area contributed by atoms with E-state index in [0.717, 1.165) is 9.37 Å². The number of benzene rings is 1. The molecule has 3 aromatic rings. The van der Waals surface area contributed by atoms with Gasteiger partial charge in [0.1, 0.15) is 10.9 Å². The molecule has 5 nitrogen and oxygen atoms in total. The van der Waals surface area contributed by atoms with E-state index >= 15 is 0 Å². The van der Waals surface area contributed by atoms with E-state index in [1.54, 1.807) is 18.2 Å². The number of nitrogens with one attached hydrogen (secondary N) is 1. The quantitative estimate of drug-likeness (QED) is 0.297. The summed E-state index contributed by atoms with van der Waals surface area (Å²) < 4.78 is 6.48. The van der Waals surface area contributed by atoms with Crippen LogP contribution in [0, 0.1) is 0 Å².